The molecule has 17 heavy (non-hydrogen) atoms. The van der Waals surface area contributed by atoms with E-state index in [9.17, 15) is 4.79 Å². The van der Waals surface area contributed by atoms with E-state index >= 15 is 0 Å². The van der Waals surface area contributed by atoms with Crippen molar-refractivity contribution in [3.05, 3.63) is 11.7 Å². The molecule has 0 aliphatic carbocycles. The topological polar surface area (TPSA) is 79.5 Å². The van der Waals surface area contributed by atoms with Gasteiger partial charge in [-0.2, -0.15) is 4.98 Å². The summed E-state index contributed by atoms with van der Waals surface area (Å²) < 4.78 is 5.22. The largest absolute Gasteiger partial charge is 0.481 e. The highest BCUT2D eigenvalue weighted by Gasteiger charge is 2.29. The van der Waals surface area contributed by atoms with Gasteiger partial charge < -0.3 is 9.63 Å². The van der Waals surface area contributed by atoms with Crippen molar-refractivity contribution in [2.75, 3.05) is 13.1 Å². The van der Waals surface area contributed by atoms with E-state index in [-0.39, 0.29) is 12.5 Å². The first-order valence-electron chi connectivity index (χ1n) is 5.99. The number of aryl methyl sites for hydroxylation is 1. The second-order valence-corrected chi connectivity index (χ2v) is 4.23. The Bertz CT molecular complexity index is 391. The first-order valence-corrected chi connectivity index (χ1v) is 5.99. The maximum absolute atomic E-state index is 10.4. The number of nitrogens with zero attached hydrogens (tertiary/aromatic N) is 3. The summed E-state index contributed by atoms with van der Waals surface area (Å²) in [6.45, 7) is 4.14. The second kappa shape index (κ2) is 5.27. The molecule has 94 valence electrons. The number of carbonyl (C=O) groups is 1. The molecule has 1 atom stereocenters. The fraction of sp³-hybridized carbons (Fsp3) is 0.727. The normalized spacial score (nSPS) is 20.9. The molecule has 1 saturated heterocycles. The monoisotopic (exact) mass is 239 g/mol. The molecule has 6 heteroatoms. The first-order chi connectivity index (χ1) is 8.20. The minimum Gasteiger partial charge on any atom is -0.481 e. The van der Waals surface area contributed by atoms with Crippen LogP contribution in [0.2, 0.25) is 0 Å². The molecular formula is C11H17N3O3. The van der Waals surface area contributed by atoms with Crippen molar-refractivity contribution < 1.29 is 14.4 Å². The molecule has 0 radical (unpaired) electrons. The van der Waals surface area contributed by atoms with Gasteiger partial charge in [0.25, 0.3) is 0 Å². The average molecular weight is 239 g/mol. The highest BCUT2D eigenvalue weighted by Crippen LogP contribution is 2.30. The van der Waals surface area contributed by atoms with Gasteiger partial charge in [0.15, 0.2) is 5.82 Å². The SMILES string of the molecule is CCN1CCCC1c1nc(CCC(=O)O)no1. The van der Waals surface area contributed by atoms with Gasteiger partial charge >= 0.3 is 5.97 Å². The molecule has 1 aromatic heterocycles. The van der Waals surface area contributed by atoms with Gasteiger partial charge in [0, 0.05) is 6.42 Å². The number of carboxylic acids is 1. The fourth-order valence-corrected chi connectivity index (χ4v) is 2.21. The van der Waals surface area contributed by atoms with Crippen molar-refractivity contribution in [1.29, 1.82) is 0 Å². The van der Waals surface area contributed by atoms with E-state index in [1.54, 1.807) is 0 Å². The average Bonchev–Trinajstić information content (AvgIpc) is 2.94. The fourth-order valence-electron chi connectivity index (χ4n) is 2.21. The Balaban J connectivity index is 1.99. The highest BCUT2D eigenvalue weighted by molar-refractivity contribution is 5.66. The molecule has 0 saturated carbocycles. The third-order valence-electron chi connectivity index (χ3n) is 3.10. The van der Waals surface area contributed by atoms with Crippen molar-refractivity contribution >= 4 is 5.97 Å². The minimum absolute atomic E-state index is 0.0428. The molecule has 1 aliphatic heterocycles. The third-order valence-corrected chi connectivity index (χ3v) is 3.10. The van der Waals surface area contributed by atoms with E-state index in [2.05, 4.69) is 22.0 Å². The van der Waals surface area contributed by atoms with Crippen LogP contribution in [0.1, 0.15) is 43.9 Å². The van der Waals surface area contributed by atoms with Crippen LogP contribution in [-0.4, -0.2) is 39.2 Å². The first kappa shape index (κ1) is 12.0. The van der Waals surface area contributed by atoms with Crippen molar-refractivity contribution in [1.82, 2.24) is 15.0 Å². The van der Waals surface area contributed by atoms with Crippen molar-refractivity contribution in [3.63, 3.8) is 0 Å². The van der Waals surface area contributed by atoms with E-state index in [1.165, 1.54) is 0 Å². The standard InChI is InChI=1S/C11H17N3O3/c1-2-14-7-3-4-8(14)11-12-9(13-17-11)5-6-10(15)16/h8H,2-7H2,1H3,(H,15,16). The zero-order valence-corrected chi connectivity index (χ0v) is 9.93. The molecule has 0 aromatic carbocycles. The number of rotatable bonds is 5. The van der Waals surface area contributed by atoms with E-state index in [1.807, 2.05) is 0 Å². The highest BCUT2D eigenvalue weighted by atomic mass is 16.5. The number of carboxylic acid groups (broad SMARTS) is 1. The van der Waals surface area contributed by atoms with Gasteiger partial charge in [-0.05, 0) is 25.9 Å². The van der Waals surface area contributed by atoms with Crippen LogP contribution >= 0.6 is 0 Å². The summed E-state index contributed by atoms with van der Waals surface area (Å²) >= 11 is 0. The van der Waals surface area contributed by atoms with Crippen LogP contribution < -0.4 is 0 Å². The number of hydrogen-bond acceptors (Lipinski definition) is 5. The van der Waals surface area contributed by atoms with Crippen LogP contribution in [-0.2, 0) is 11.2 Å². The zero-order valence-electron chi connectivity index (χ0n) is 9.93. The summed E-state index contributed by atoms with van der Waals surface area (Å²) in [5.41, 5.74) is 0. The molecular weight excluding hydrogens is 222 g/mol. The summed E-state index contributed by atoms with van der Waals surface area (Å²) in [5, 5.41) is 12.4. The van der Waals surface area contributed by atoms with Gasteiger partial charge in [-0.1, -0.05) is 12.1 Å². The van der Waals surface area contributed by atoms with Crippen LogP contribution in [0.15, 0.2) is 4.52 Å². The molecule has 0 amide bonds. The molecule has 6 nitrogen and oxygen atoms in total. The summed E-state index contributed by atoms with van der Waals surface area (Å²) in [6.07, 6.45) is 2.55. The van der Waals surface area contributed by atoms with Gasteiger partial charge in [0.2, 0.25) is 5.89 Å². The van der Waals surface area contributed by atoms with Gasteiger partial charge in [-0.15, -0.1) is 0 Å². The maximum Gasteiger partial charge on any atom is 0.303 e. The zero-order chi connectivity index (χ0) is 12.3. The van der Waals surface area contributed by atoms with E-state index in [0.29, 0.717) is 18.1 Å². The van der Waals surface area contributed by atoms with Crippen LogP contribution in [0.5, 0.6) is 0 Å². The predicted molar refractivity (Wildman–Crippen MR) is 59.5 cm³/mol. The summed E-state index contributed by atoms with van der Waals surface area (Å²) in [4.78, 5) is 17.0. The van der Waals surface area contributed by atoms with E-state index in [4.69, 9.17) is 9.63 Å². The lowest BCUT2D eigenvalue weighted by atomic mass is 10.2. The van der Waals surface area contributed by atoms with Crippen molar-refractivity contribution in [2.24, 2.45) is 0 Å². The molecule has 2 rings (SSSR count). The molecule has 1 N–H and O–H groups in total. The quantitative estimate of drug-likeness (QED) is 0.832. The third kappa shape index (κ3) is 2.82. The van der Waals surface area contributed by atoms with E-state index in [0.717, 1.165) is 25.9 Å². The Morgan fingerprint density at radius 3 is 3.18 bits per heavy atom. The molecule has 1 fully saturated rings. The van der Waals surface area contributed by atoms with Crippen molar-refractivity contribution in [3.8, 4) is 0 Å². The Kier molecular flexibility index (Phi) is 3.73. The van der Waals surface area contributed by atoms with Crippen LogP contribution in [0, 0.1) is 0 Å². The van der Waals surface area contributed by atoms with Crippen LogP contribution in [0.3, 0.4) is 0 Å². The molecule has 0 spiro atoms. The molecule has 0 bridgehead atoms. The summed E-state index contributed by atoms with van der Waals surface area (Å²) in [5.74, 6) is 0.280. The van der Waals surface area contributed by atoms with Gasteiger partial charge in [0.05, 0.1) is 12.5 Å². The molecule has 2 heterocycles. The molecule has 1 aromatic rings. The number of aromatic nitrogens is 2. The van der Waals surface area contributed by atoms with E-state index < -0.39 is 5.97 Å². The van der Waals surface area contributed by atoms with Crippen molar-refractivity contribution in [2.45, 2.75) is 38.6 Å². The molecule has 1 aliphatic rings. The lowest BCUT2D eigenvalue weighted by Crippen LogP contribution is -2.22. The predicted octanol–water partition coefficient (Wildman–Crippen LogP) is 1.24. The van der Waals surface area contributed by atoms with Gasteiger partial charge in [-0.25, -0.2) is 0 Å². The Hall–Kier alpha value is -1.43. The molecule has 1 unspecified atom stereocenters. The number of hydrogen-bond donors (Lipinski definition) is 1. The number of aliphatic carboxylic acids is 1. The van der Waals surface area contributed by atoms with Crippen LogP contribution in [0.25, 0.3) is 0 Å². The Morgan fingerprint density at radius 2 is 2.47 bits per heavy atom. The lowest BCUT2D eigenvalue weighted by Gasteiger charge is -2.18. The lowest BCUT2D eigenvalue weighted by molar-refractivity contribution is -0.137. The second-order valence-electron chi connectivity index (χ2n) is 4.23. The van der Waals surface area contributed by atoms with Gasteiger partial charge in [0.1, 0.15) is 0 Å². The Morgan fingerprint density at radius 1 is 1.65 bits per heavy atom. The Labute approximate surface area is 99.6 Å². The van der Waals surface area contributed by atoms with Crippen LogP contribution in [0.4, 0.5) is 0 Å². The van der Waals surface area contributed by atoms with Gasteiger partial charge in [-0.3, -0.25) is 9.69 Å². The minimum atomic E-state index is -0.840. The number of likely N-dealkylation sites (tertiary alicyclic amines) is 1. The maximum atomic E-state index is 10.4. The summed E-state index contributed by atoms with van der Waals surface area (Å²) in [6, 6.07) is 0.214. The summed E-state index contributed by atoms with van der Waals surface area (Å²) in [7, 11) is 0. The smallest absolute Gasteiger partial charge is 0.303 e.